The van der Waals surface area contributed by atoms with Gasteiger partial charge in [-0.15, -0.1) is 0 Å². The lowest BCUT2D eigenvalue weighted by Crippen LogP contribution is -2.34. The van der Waals surface area contributed by atoms with Crippen LogP contribution in [0.4, 0.5) is 0 Å². The zero-order valence-corrected chi connectivity index (χ0v) is 8.37. The van der Waals surface area contributed by atoms with Gasteiger partial charge in [-0.05, 0) is 18.3 Å². The molecule has 0 aliphatic heterocycles. The molecule has 3 unspecified atom stereocenters. The van der Waals surface area contributed by atoms with Crippen molar-refractivity contribution >= 4 is 5.91 Å². The average Bonchev–Trinajstić information content (AvgIpc) is 2.66. The van der Waals surface area contributed by atoms with Gasteiger partial charge >= 0.3 is 0 Å². The summed E-state index contributed by atoms with van der Waals surface area (Å²) >= 11 is 0. The van der Waals surface area contributed by atoms with Crippen LogP contribution in [0.2, 0.25) is 0 Å². The monoisotopic (exact) mass is 180 g/mol. The van der Waals surface area contributed by atoms with Crippen LogP contribution in [0.15, 0.2) is 0 Å². The molecule has 0 radical (unpaired) electrons. The summed E-state index contributed by atoms with van der Waals surface area (Å²) in [7, 11) is 0. The molecule has 1 aliphatic rings. The molecule has 1 fully saturated rings. The Morgan fingerprint density at radius 3 is 2.46 bits per heavy atom. The number of carbonyl (C=O) groups excluding carboxylic acids is 1. The van der Waals surface area contributed by atoms with E-state index in [1.807, 2.05) is 19.9 Å². The summed E-state index contributed by atoms with van der Waals surface area (Å²) in [6.45, 7) is 5.88. The van der Waals surface area contributed by atoms with Gasteiger partial charge in [0, 0.05) is 6.04 Å². The molecule has 0 aromatic heterocycles. The number of nitrogens with zero attached hydrogens (tertiary/aromatic N) is 1. The minimum absolute atomic E-state index is 0.0963. The number of hydrogen-bond acceptors (Lipinski definition) is 2. The summed E-state index contributed by atoms with van der Waals surface area (Å²) in [5, 5.41) is 11.6. The van der Waals surface area contributed by atoms with Gasteiger partial charge in [0.05, 0.1) is 6.07 Å². The Balaban J connectivity index is 2.42. The molecule has 1 amide bonds. The zero-order chi connectivity index (χ0) is 10.0. The molecule has 0 spiro atoms. The second-order valence-corrected chi connectivity index (χ2v) is 4.18. The number of hydrogen-bond donors (Lipinski definition) is 1. The Morgan fingerprint density at radius 1 is 1.62 bits per heavy atom. The van der Waals surface area contributed by atoms with E-state index < -0.39 is 5.92 Å². The van der Waals surface area contributed by atoms with Gasteiger partial charge in [-0.25, -0.2) is 0 Å². The standard InChI is InChI=1S/C10H16N2O/c1-6(2)8(5-11)10(13)12-9-4-7(9)3/h6-9H,4H2,1-3H3,(H,12,13). The van der Waals surface area contributed by atoms with E-state index in [4.69, 9.17) is 5.26 Å². The third-order valence-electron chi connectivity index (χ3n) is 2.53. The third kappa shape index (κ3) is 2.45. The lowest BCUT2D eigenvalue weighted by molar-refractivity contribution is -0.124. The number of carbonyl (C=O) groups is 1. The molecule has 0 saturated heterocycles. The molecular formula is C10H16N2O. The maximum atomic E-state index is 11.5. The number of rotatable bonds is 3. The summed E-state index contributed by atoms with van der Waals surface area (Å²) in [6, 6.07) is 2.36. The van der Waals surface area contributed by atoms with Crippen molar-refractivity contribution in [1.82, 2.24) is 5.32 Å². The van der Waals surface area contributed by atoms with Crippen molar-refractivity contribution in [2.24, 2.45) is 17.8 Å². The van der Waals surface area contributed by atoms with Gasteiger partial charge in [-0.1, -0.05) is 20.8 Å². The molecule has 3 heteroatoms. The first-order valence-corrected chi connectivity index (χ1v) is 4.76. The SMILES string of the molecule is CC(C)C(C#N)C(=O)NC1CC1C. The normalized spacial score (nSPS) is 27.9. The van der Waals surface area contributed by atoms with E-state index in [0.717, 1.165) is 6.42 Å². The summed E-state index contributed by atoms with van der Waals surface area (Å²) in [6.07, 6.45) is 1.06. The van der Waals surface area contributed by atoms with Crippen molar-refractivity contribution < 1.29 is 4.79 Å². The van der Waals surface area contributed by atoms with Gasteiger partial charge in [-0.3, -0.25) is 4.79 Å². The maximum absolute atomic E-state index is 11.5. The Morgan fingerprint density at radius 2 is 2.15 bits per heavy atom. The highest BCUT2D eigenvalue weighted by molar-refractivity contribution is 5.81. The van der Waals surface area contributed by atoms with Crippen molar-refractivity contribution in [2.45, 2.75) is 33.2 Å². The van der Waals surface area contributed by atoms with Crippen LogP contribution in [0.5, 0.6) is 0 Å². The zero-order valence-electron chi connectivity index (χ0n) is 8.37. The van der Waals surface area contributed by atoms with Crippen LogP contribution in [0, 0.1) is 29.1 Å². The van der Waals surface area contributed by atoms with E-state index in [-0.39, 0.29) is 11.8 Å². The van der Waals surface area contributed by atoms with Crippen molar-refractivity contribution in [1.29, 1.82) is 5.26 Å². The second kappa shape index (κ2) is 3.78. The first-order chi connectivity index (χ1) is 6.06. The molecule has 0 heterocycles. The highest BCUT2D eigenvalue weighted by Crippen LogP contribution is 2.29. The Bertz CT molecular complexity index is 242. The minimum Gasteiger partial charge on any atom is -0.352 e. The molecular weight excluding hydrogens is 164 g/mol. The topological polar surface area (TPSA) is 52.9 Å². The van der Waals surface area contributed by atoms with Crippen molar-refractivity contribution in [2.75, 3.05) is 0 Å². The Labute approximate surface area is 79.1 Å². The highest BCUT2D eigenvalue weighted by Gasteiger charge is 2.35. The van der Waals surface area contributed by atoms with E-state index in [9.17, 15) is 4.79 Å². The minimum atomic E-state index is -0.493. The van der Waals surface area contributed by atoms with Gasteiger partial charge in [-0.2, -0.15) is 5.26 Å². The first kappa shape index (κ1) is 10.0. The molecule has 0 aromatic carbocycles. The molecule has 0 bridgehead atoms. The van der Waals surface area contributed by atoms with E-state index in [1.54, 1.807) is 0 Å². The predicted molar refractivity (Wildman–Crippen MR) is 49.7 cm³/mol. The molecule has 1 N–H and O–H groups in total. The number of nitriles is 1. The molecule has 72 valence electrons. The fraction of sp³-hybridized carbons (Fsp3) is 0.800. The van der Waals surface area contributed by atoms with E-state index in [0.29, 0.717) is 12.0 Å². The summed E-state index contributed by atoms with van der Waals surface area (Å²) in [5.41, 5.74) is 0. The number of amides is 1. The number of nitrogens with one attached hydrogen (secondary N) is 1. The predicted octanol–water partition coefficient (Wildman–Crippen LogP) is 1.31. The van der Waals surface area contributed by atoms with E-state index >= 15 is 0 Å². The average molecular weight is 180 g/mol. The first-order valence-electron chi connectivity index (χ1n) is 4.76. The van der Waals surface area contributed by atoms with Crippen LogP contribution in [0.1, 0.15) is 27.2 Å². The summed E-state index contributed by atoms with van der Waals surface area (Å²) < 4.78 is 0. The summed E-state index contributed by atoms with van der Waals surface area (Å²) in [4.78, 5) is 11.5. The molecule has 0 aromatic rings. The van der Waals surface area contributed by atoms with Gasteiger partial charge < -0.3 is 5.32 Å². The molecule has 3 atom stereocenters. The molecule has 1 rings (SSSR count). The van der Waals surface area contributed by atoms with E-state index in [2.05, 4.69) is 12.2 Å². The van der Waals surface area contributed by atoms with Crippen molar-refractivity contribution in [3.63, 3.8) is 0 Å². The maximum Gasteiger partial charge on any atom is 0.237 e. The Hall–Kier alpha value is -1.04. The molecule has 1 saturated carbocycles. The van der Waals surface area contributed by atoms with Crippen LogP contribution in [-0.4, -0.2) is 11.9 Å². The van der Waals surface area contributed by atoms with Gasteiger partial charge in [0.15, 0.2) is 0 Å². The Kier molecular flexibility index (Phi) is 2.92. The van der Waals surface area contributed by atoms with Crippen molar-refractivity contribution in [3.8, 4) is 6.07 Å². The van der Waals surface area contributed by atoms with Gasteiger partial charge in [0.2, 0.25) is 5.91 Å². The quantitative estimate of drug-likeness (QED) is 0.711. The van der Waals surface area contributed by atoms with Crippen LogP contribution in [-0.2, 0) is 4.79 Å². The van der Waals surface area contributed by atoms with Crippen LogP contribution < -0.4 is 5.32 Å². The van der Waals surface area contributed by atoms with Crippen LogP contribution >= 0.6 is 0 Å². The molecule has 3 nitrogen and oxygen atoms in total. The molecule has 1 aliphatic carbocycles. The third-order valence-corrected chi connectivity index (χ3v) is 2.53. The van der Waals surface area contributed by atoms with Gasteiger partial charge in [0.25, 0.3) is 0 Å². The smallest absolute Gasteiger partial charge is 0.237 e. The second-order valence-electron chi connectivity index (χ2n) is 4.18. The van der Waals surface area contributed by atoms with Crippen LogP contribution in [0.25, 0.3) is 0 Å². The van der Waals surface area contributed by atoms with Gasteiger partial charge in [0.1, 0.15) is 5.92 Å². The molecule has 13 heavy (non-hydrogen) atoms. The van der Waals surface area contributed by atoms with E-state index in [1.165, 1.54) is 0 Å². The lowest BCUT2D eigenvalue weighted by atomic mass is 9.97. The fourth-order valence-electron chi connectivity index (χ4n) is 1.31. The largest absolute Gasteiger partial charge is 0.352 e. The highest BCUT2D eigenvalue weighted by atomic mass is 16.2. The summed E-state index contributed by atoms with van der Waals surface area (Å²) in [5.74, 6) is 0.0918. The lowest BCUT2D eigenvalue weighted by Gasteiger charge is -2.12. The fourth-order valence-corrected chi connectivity index (χ4v) is 1.31. The van der Waals surface area contributed by atoms with Crippen LogP contribution in [0.3, 0.4) is 0 Å². The van der Waals surface area contributed by atoms with Crippen molar-refractivity contribution in [3.05, 3.63) is 0 Å².